The van der Waals surface area contributed by atoms with Crippen molar-refractivity contribution in [2.24, 2.45) is 5.73 Å². The molecule has 2 aromatic rings. The molecule has 1 aliphatic heterocycles. The molecule has 0 saturated heterocycles. The number of fused-ring (bicyclic) bond motifs is 1. The summed E-state index contributed by atoms with van der Waals surface area (Å²) in [5.74, 6) is 0.336. The molecule has 2 aromatic carbocycles. The van der Waals surface area contributed by atoms with Crippen LogP contribution in [0.3, 0.4) is 0 Å². The third-order valence-corrected chi connectivity index (χ3v) is 6.56. The normalized spacial score (nSPS) is 18.6. The molecule has 176 valence electrons. The third-order valence-electron chi connectivity index (χ3n) is 6.27. The summed E-state index contributed by atoms with van der Waals surface area (Å²) in [6, 6.07) is 11.5. The van der Waals surface area contributed by atoms with Crippen molar-refractivity contribution in [3.8, 4) is 5.75 Å². The number of amides is 2. The molecule has 4 rings (SSSR count). The number of carbonyl (C=O) groups is 2. The molecule has 2 atom stereocenters. The maximum atomic E-state index is 13.3. The smallest absolute Gasteiger partial charge is 0.408 e. The van der Waals surface area contributed by atoms with Crippen LogP contribution in [0.1, 0.15) is 43.7 Å². The molecule has 33 heavy (non-hydrogen) atoms. The van der Waals surface area contributed by atoms with E-state index in [1.54, 1.807) is 21.9 Å². The minimum absolute atomic E-state index is 0.0723. The summed E-state index contributed by atoms with van der Waals surface area (Å²) in [7, 11) is 0. The molecule has 7 nitrogen and oxygen atoms in total. The standard InChI is InChI=1S/C25H31ClN4O3/c1-15-4-9-24(21(26)10-15)33-25(32)29-14-16(2)30(17(3)31)22-8-5-18(11-23(22)29)19(12-27)13-28-20-6-7-20/h4-5,8-11,16,19-20,28H,6-7,12-14,27H2,1-3H3/t16-,19?/m0/s1. The SMILES string of the molecule is CC(=O)N1c2ccc(C(CN)CNC3CC3)cc2N(C(=O)Oc2ccc(C)cc2Cl)C[C@@H]1C. The molecule has 0 bridgehead atoms. The van der Waals surface area contributed by atoms with E-state index in [2.05, 4.69) is 5.32 Å². The van der Waals surface area contributed by atoms with Crippen molar-refractivity contribution >= 4 is 35.0 Å². The van der Waals surface area contributed by atoms with Crippen LogP contribution in [0, 0.1) is 6.92 Å². The summed E-state index contributed by atoms with van der Waals surface area (Å²) >= 11 is 6.29. The molecule has 8 heteroatoms. The summed E-state index contributed by atoms with van der Waals surface area (Å²) in [5, 5.41) is 3.91. The fraction of sp³-hybridized carbons (Fsp3) is 0.440. The number of nitrogens with two attached hydrogens (primary N) is 1. The van der Waals surface area contributed by atoms with E-state index in [1.807, 2.05) is 38.1 Å². The lowest BCUT2D eigenvalue weighted by atomic mass is 9.96. The van der Waals surface area contributed by atoms with Crippen LogP contribution in [0.4, 0.5) is 16.2 Å². The molecule has 1 heterocycles. The van der Waals surface area contributed by atoms with Crippen molar-refractivity contribution in [2.75, 3.05) is 29.4 Å². The van der Waals surface area contributed by atoms with Gasteiger partial charge in [-0.15, -0.1) is 0 Å². The summed E-state index contributed by atoms with van der Waals surface area (Å²) in [5.41, 5.74) is 9.41. The van der Waals surface area contributed by atoms with E-state index in [-0.39, 0.29) is 17.9 Å². The average Bonchev–Trinajstić information content (AvgIpc) is 3.59. The number of nitrogens with one attached hydrogen (secondary N) is 1. The minimum atomic E-state index is -0.533. The van der Waals surface area contributed by atoms with E-state index >= 15 is 0 Å². The van der Waals surface area contributed by atoms with Gasteiger partial charge in [0.1, 0.15) is 0 Å². The van der Waals surface area contributed by atoms with E-state index < -0.39 is 6.09 Å². The van der Waals surface area contributed by atoms with Crippen molar-refractivity contribution in [1.82, 2.24) is 5.32 Å². The number of ether oxygens (including phenoxy) is 1. The first-order valence-electron chi connectivity index (χ1n) is 11.4. The zero-order chi connectivity index (χ0) is 23.7. The van der Waals surface area contributed by atoms with Crippen molar-refractivity contribution < 1.29 is 14.3 Å². The Bertz CT molecular complexity index is 1060. The highest BCUT2D eigenvalue weighted by Crippen LogP contribution is 2.39. The topological polar surface area (TPSA) is 87.9 Å². The maximum Gasteiger partial charge on any atom is 0.419 e. The summed E-state index contributed by atoms with van der Waals surface area (Å²) < 4.78 is 5.67. The first kappa shape index (κ1) is 23.5. The fourth-order valence-corrected chi connectivity index (χ4v) is 4.59. The van der Waals surface area contributed by atoms with Crippen LogP contribution in [-0.4, -0.2) is 43.7 Å². The lowest BCUT2D eigenvalue weighted by molar-refractivity contribution is -0.117. The minimum Gasteiger partial charge on any atom is -0.408 e. The van der Waals surface area contributed by atoms with Gasteiger partial charge in [0, 0.05) is 38.5 Å². The average molecular weight is 471 g/mol. The number of rotatable bonds is 6. The molecule has 0 spiro atoms. The van der Waals surface area contributed by atoms with Crippen molar-refractivity contribution in [1.29, 1.82) is 0 Å². The van der Waals surface area contributed by atoms with E-state index in [4.69, 9.17) is 22.1 Å². The Morgan fingerprint density at radius 1 is 1.21 bits per heavy atom. The summed E-state index contributed by atoms with van der Waals surface area (Å²) in [6.45, 7) is 6.94. The highest BCUT2D eigenvalue weighted by atomic mass is 35.5. The number of carbonyl (C=O) groups excluding carboxylic acids is 2. The number of nitrogens with zero attached hydrogens (tertiary/aromatic N) is 2. The Hall–Kier alpha value is -2.61. The fourth-order valence-electron chi connectivity index (χ4n) is 4.32. The second-order valence-corrected chi connectivity index (χ2v) is 9.42. The van der Waals surface area contributed by atoms with Crippen LogP contribution in [0.15, 0.2) is 36.4 Å². The molecular formula is C25H31ClN4O3. The van der Waals surface area contributed by atoms with Gasteiger partial charge >= 0.3 is 6.09 Å². The highest BCUT2D eigenvalue weighted by molar-refractivity contribution is 6.32. The molecular weight excluding hydrogens is 440 g/mol. The van der Waals surface area contributed by atoms with Crippen LogP contribution in [0.25, 0.3) is 0 Å². The zero-order valence-corrected chi connectivity index (χ0v) is 20.1. The van der Waals surface area contributed by atoms with Crippen LogP contribution in [0.2, 0.25) is 5.02 Å². The summed E-state index contributed by atoms with van der Waals surface area (Å²) in [4.78, 5) is 29.0. The maximum absolute atomic E-state index is 13.3. The van der Waals surface area contributed by atoms with Gasteiger partial charge in [-0.25, -0.2) is 4.79 Å². The van der Waals surface area contributed by atoms with E-state index in [1.165, 1.54) is 19.8 Å². The van der Waals surface area contributed by atoms with Crippen LogP contribution in [0.5, 0.6) is 5.75 Å². The van der Waals surface area contributed by atoms with E-state index in [9.17, 15) is 9.59 Å². The molecule has 0 aromatic heterocycles. The number of benzene rings is 2. The number of hydrogen-bond acceptors (Lipinski definition) is 5. The van der Waals surface area contributed by atoms with Gasteiger partial charge in [-0.1, -0.05) is 23.7 Å². The van der Waals surface area contributed by atoms with Crippen LogP contribution in [-0.2, 0) is 4.79 Å². The number of anilines is 2. The lowest BCUT2D eigenvalue weighted by Gasteiger charge is -2.40. The molecule has 0 radical (unpaired) electrons. The molecule has 1 saturated carbocycles. The van der Waals surface area contributed by atoms with E-state index in [0.29, 0.717) is 41.3 Å². The van der Waals surface area contributed by atoms with Crippen molar-refractivity contribution in [2.45, 2.75) is 51.6 Å². The summed E-state index contributed by atoms with van der Waals surface area (Å²) in [6.07, 6.45) is 1.87. The number of halogens is 1. The van der Waals surface area contributed by atoms with Crippen molar-refractivity contribution in [3.05, 3.63) is 52.5 Å². The first-order chi connectivity index (χ1) is 15.8. The molecule has 1 unspecified atom stereocenters. The molecule has 2 amide bonds. The monoisotopic (exact) mass is 470 g/mol. The predicted octanol–water partition coefficient (Wildman–Crippen LogP) is 4.20. The van der Waals surface area contributed by atoms with Gasteiger partial charge in [0.2, 0.25) is 5.91 Å². The Morgan fingerprint density at radius 2 is 1.97 bits per heavy atom. The van der Waals surface area contributed by atoms with Crippen LogP contribution < -0.4 is 25.6 Å². The Morgan fingerprint density at radius 3 is 2.61 bits per heavy atom. The van der Waals surface area contributed by atoms with Crippen LogP contribution >= 0.6 is 11.6 Å². The van der Waals surface area contributed by atoms with Crippen molar-refractivity contribution in [3.63, 3.8) is 0 Å². The van der Waals surface area contributed by atoms with E-state index in [0.717, 1.165) is 17.7 Å². The first-order valence-corrected chi connectivity index (χ1v) is 11.8. The quantitative estimate of drug-likeness (QED) is 0.660. The molecule has 1 aliphatic carbocycles. The largest absolute Gasteiger partial charge is 0.419 e. The molecule has 3 N–H and O–H groups in total. The lowest BCUT2D eigenvalue weighted by Crippen LogP contribution is -2.52. The van der Waals surface area contributed by atoms with Gasteiger partial charge in [0.25, 0.3) is 0 Å². The Kier molecular flexibility index (Phi) is 6.93. The number of aryl methyl sites for hydroxylation is 1. The van der Waals surface area contributed by atoms with Gasteiger partial charge in [-0.2, -0.15) is 0 Å². The second kappa shape index (κ2) is 9.71. The van der Waals surface area contributed by atoms with Gasteiger partial charge in [0.15, 0.2) is 5.75 Å². The third kappa shape index (κ3) is 5.16. The van der Waals surface area contributed by atoms with Gasteiger partial charge < -0.3 is 20.7 Å². The second-order valence-electron chi connectivity index (χ2n) is 9.01. The Labute approximate surface area is 199 Å². The van der Waals surface area contributed by atoms with Gasteiger partial charge in [0.05, 0.1) is 22.4 Å². The van der Waals surface area contributed by atoms with Gasteiger partial charge in [-0.05, 0) is 62.1 Å². The Balaban J connectivity index is 1.67. The van der Waals surface area contributed by atoms with Gasteiger partial charge in [-0.3, -0.25) is 9.69 Å². The predicted molar refractivity (Wildman–Crippen MR) is 131 cm³/mol. The zero-order valence-electron chi connectivity index (χ0n) is 19.3. The number of hydrogen-bond donors (Lipinski definition) is 2. The highest BCUT2D eigenvalue weighted by Gasteiger charge is 2.35. The molecule has 2 aliphatic rings. The molecule has 1 fully saturated rings.